The zero-order chi connectivity index (χ0) is 18.6. The van der Waals surface area contributed by atoms with E-state index in [9.17, 15) is 14.4 Å². The third-order valence-corrected chi connectivity index (χ3v) is 4.23. The maximum atomic E-state index is 12.4. The Labute approximate surface area is 150 Å². The van der Waals surface area contributed by atoms with Crippen LogP contribution in [0.15, 0.2) is 35.5 Å². The van der Waals surface area contributed by atoms with Crippen molar-refractivity contribution in [2.45, 2.75) is 25.8 Å². The van der Waals surface area contributed by atoms with E-state index in [1.165, 1.54) is 12.0 Å². The van der Waals surface area contributed by atoms with Gasteiger partial charge < -0.3 is 15.2 Å². The highest BCUT2D eigenvalue weighted by atomic mass is 35.5. The van der Waals surface area contributed by atoms with E-state index in [4.69, 9.17) is 21.4 Å². The first-order valence-corrected chi connectivity index (χ1v) is 8.07. The van der Waals surface area contributed by atoms with Gasteiger partial charge in [0.25, 0.3) is 0 Å². The van der Waals surface area contributed by atoms with Crippen LogP contribution in [-0.4, -0.2) is 41.6 Å². The van der Waals surface area contributed by atoms with Crippen molar-refractivity contribution in [3.63, 3.8) is 0 Å². The number of nitrogens with one attached hydrogen (secondary N) is 1. The Morgan fingerprint density at radius 1 is 1.32 bits per heavy atom. The summed E-state index contributed by atoms with van der Waals surface area (Å²) in [6, 6.07) is 5.75. The fourth-order valence-corrected chi connectivity index (χ4v) is 2.84. The second kappa shape index (κ2) is 8.02. The molecule has 1 aliphatic rings. The fraction of sp³-hybridized carbons (Fsp3) is 0.353. The first-order valence-electron chi connectivity index (χ1n) is 7.69. The molecule has 0 aliphatic carbocycles. The maximum absolute atomic E-state index is 12.4. The lowest BCUT2D eigenvalue weighted by Gasteiger charge is -2.35. The number of esters is 1. The zero-order valence-corrected chi connectivity index (χ0v) is 14.7. The highest BCUT2D eigenvalue weighted by Crippen LogP contribution is 2.31. The average molecular weight is 367 g/mol. The fourth-order valence-electron chi connectivity index (χ4n) is 2.72. The van der Waals surface area contributed by atoms with Gasteiger partial charge in [0.15, 0.2) is 0 Å². The summed E-state index contributed by atoms with van der Waals surface area (Å²) in [5, 5.41) is 12.1. The number of nitrogens with zero attached hydrogens (tertiary/aromatic N) is 1. The number of carbonyl (C=O) groups excluding carboxylic acids is 2. The second-order valence-electron chi connectivity index (χ2n) is 5.57. The van der Waals surface area contributed by atoms with E-state index in [2.05, 4.69) is 5.32 Å². The predicted octanol–water partition coefficient (Wildman–Crippen LogP) is 2.72. The van der Waals surface area contributed by atoms with Crippen LogP contribution in [0.1, 0.15) is 31.4 Å². The van der Waals surface area contributed by atoms with Gasteiger partial charge in [-0.15, -0.1) is 0 Å². The lowest BCUT2D eigenvalue weighted by atomic mass is 9.95. The number of halogens is 1. The molecular formula is C17H19ClN2O5. The Balaban J connectivity index is 2.37. The molecule has 1 aromatic carbocycles. The molecule has 2 N–H and O–H groups in total. The number of amides is 2. The van der Waals surface area contributed by atoms with Crippen LogP contribution in [0.2, 0.25) is 5.02 Å². The van der Waals surface area contributed by atoms with Crippen molar-refractivity contribution in [2.75, 3.05) is 13.7 Å². The number of carbonyl (C=O) groups is 3. The molecule has 25 heavy (non-hydrogen) atoms. The van der Waals surface area contributed by atoms with Gasteiger partial charge in [-0.25, -0.2) is 9.59 Å². The summed E-state index contributed by atoms with van der Waals surface area (Å²) >= 11 is 5.89. The van der Waals surface area contributed by atoms with Crippen LogP contribution in [0.25, 0.3) is 0 Å². The van der Waals surface area contributed by atoms with Gasteiger partial charge in [0.05, 0.1) is 18.7 Å². The minimum atomic E-state index is -0.939. The number of aliphatic carboxylic acids is 1. The van der Waals surface area contributed by atoms with Gasteiger partial charge in [-0.1, -0.05) is 23.7 Å². The monoisotopic (exact) mass is 366 g/mol. The third-order valence-electron chi connectivity index (χ3n) is 3.98. The zero-order valence-electron chi connectivity index (χ0n) is 13.9. The number of hydrogen-bond acceptors (Lipinski definition) is 4. The number of ether oxygens (including phenoxy) is 1. The highest BCUT2D eigenvalue weighted by Gasteiger charge is 2.35. The number of methoxy groups -OCH3 is 1. The van der Waals surface area contributed by atoms with Gasteiger partial charge in [-0.05, 0) is 31.0 Å². The van der Waals surface area contributed by atoms with Crippen LogP contribution >= 0.6 is 11.6 Å². The van der Waals surface area contributed by atoms with E-state index < -0.39 is 24.0 Å². The van der Waals surface area contributed by atoms with E-state index in [1.54, 1.807) is 31.2 Å². The van der Waals surface area contributed by atoms with Crippen molar-refractivity contribution in [3.05, 3.63) is 46.1 Å². The summed E-state index contributed by atoms with van der Waals surface area (Å²) in [7, 11) is 1.27. The van der Waals surface area contributed by atoms with Crippen molar-refractivity contribution < 1.29 is 24.2 Å². The topological polar surface area (TPSA) is 95.9 Å². The average Bonchev–Trinajstić information content (AvgIpc) is 2.57. The molecule has 0 radical (unpaired) electrons. The van der Waals surface area contributed by atoms with Crippen LogP contribution in [0.4, 0.5) is 4.79 Å². The quantitative estimate of drug-likeness (QED) is 0.754. The van der Waals surface area contributed by atoms with E-state index in [0.29, 0.717) is 21.9 Å². The third kappa shape index (κ3) is 4.30. The van der Waals surface area contributed by atoms with Gasteiger partial charge in [0.2, 0.25) is 0 Å². The molecule has 1 aromatic rings. The van der Waals surface area contributed by atoms with Crippen LogP contribution < -0.4 is 5.32 Å². The summed E-state index contributed by atoms with van der Waals surface area (Å²) in [4.78, 5) is 36.8. The molecule has 0 bridgehead atoms. The number of benzene rings is 1. The Kier molecular flexibility index (Phi) is 6.03. The van der Waals surface area contributed by atoms with Crippen LogP contribution in [0, 0.1) is 0 Å². The molecule has 0 saturated heterocycles. The molecule has 1 atom stereocenters. The number of urea groups is 1. The summed E-state index contributed by atoms with van der Waals surface area (Å²) < 4.78 is 4.87. The molecule has 0 aromatic heterocycles. The van der Waals surface area contributed by atoms with E-state index in [0.717, 1.165) is 0 Å². The van der Waals surface area contributed by atoms with E-state index in [1.807, 2.05) is 0 Å². The molecule has 0 unspecified atom stereocenters. The SMILES string of the molecule is COC(=O)C1=C(C)N(CCCC(=O)O)C(=O)N[C@H]1c1ccc(Cl)cc1. The molecule has 2 rings (SSSR count). The predicted molar refractivity (Wildman–Crippen MR) is 91.0 cm³/mol. The number of carboxylic acid groups (broad SMARTS) is 1. The van der Waals surface area contributed by atoms with Gasteiger partial charge in [-0.3, -0.25) is 9.69 Å². The van der Waals surface area contributed by atoms with Crippen molar-refractivity contribution >= 4 is 29.6 Å². The van der Waals surface area contributed by atoms with Crippen molar-refractivity contribution in [1.82, 2.24) is 10.2 Å². The summed E-state index contributed by atoms with van der Waals surface area (Å²) in [6.45, 7) is 1.84. The molecule has 1 heterocycles. The van der Waals surface area contributed by atoms with Gasteiger partial charge in [0.1, 0.15) is 0 Å². The second-order valence-corrected chi connectivity index (χ2v) is 6.01. The first-order chi connectivity index (χ1) is 11.8. The Morgan fingerprint density at radius 3 is 2.52 bits per heavy atom. The van der Waals surface area contributed by atoms with Crippen LogP contribution in [-0.2, 0) is 14.3 Å². The molecule has 0 saturated carbocycles. The molecule has 1 aliphatic heterocycles. The van der Waals surface area contributed by atoms with Crippen LogP contribution in [0.3, 0.4) is 0 Å². The molecule has 0 spiro atoms. The Morgan fingerprint density at radius 2 is 1.96 bits per heavy atom. The lowest BCUT2D eigenvalue weighted by molar-refractivity contribution is -0.138. The minimum Gasteiger partial charge on any atom is -0.481 e. The number of allylic oxidation sites excluding steroid dienone is 1. The minimum absolute atomic E-state index is 0.0643. The molecule has 2 amide bonds. The van der Waals surface area contributed by atoms with Crippen LogP contribution in [0.5, 0.6) is 0 Å². The molecule has 0 fully saturated rings. The summed E-state index contributed by atoms with van der Waals surface area (Å²) in [5.74, 6) is -1.49. The van der Waals surface area contributed by atoms with Crippen molar-refractivity contribution in [1.29, 1.82) is 0 Å². The summed E-state index contributed by atoms with van der Waals surface area (Å²) in [5.41, 5.74) is 1.45. The van der Waals surface area contributed by atoms with E-state index in [-0.39, 0.29) is 19.4 Å². The normalized spacial score (nSPS) is 17.3. The van der Waals surface area contributed by atoms with Gasteiger partial charge in [-0.2, -0.15) is 0 Å². The number of rotatable bonds is 6. The Hall–Kier alpha value is -2.54. The number of hydrogen-bond donors (Lipinski definition) is 2. The maximum Gasteiger partial charge on any atom is 0.337 e. The standard InChI is InChI=1S/C17H19ClN2O5/c1-10-14(16(23)25-2)15(11-5-7-12(18)8-6-11)19-17(24)20(10)9-3-4-13(21)22/h5-8,15H,3-4,9H2,1-2H3,(H,19,24)(H,21,22)/t15-/m0/s1. The molecular weight excluding hydrogens is 348 g/mol. The first kappa shape index (κ1) is 18.8. The molecule has 134 valence electrons. The Bertz CT molecular complexity index is 714. The lowest BCUT2D eigenvalue weighted by Crippen LogP contribution is -2.48. The smallest absolute Gasteiger partial charge is 0.337 e. The largest absolute Gasteiger partial charge is 0.481 e. The van der Waals surface area contributed by atoms with E-state index >= 15 is 0 Å². The summed E-state index contributed by atoms with van der Waals surface area (Å²) in [6.07, 6.45) is 0.214. The van der Waals surface area contributed by atoms with Gasteiger partial charge in [0, 0.05) is 23.7 Å². The van der Waals surface area contributed by atoms with Crippen molar-refractivity contribution in [2.24, 2.45) is 0 Å². The number of carboxylic acids is 1. The highest BCUT2D eigenvalue weighted by molar-refractivity contribution is 6.30. The van der Waals surface area contributed by atoms with Gasteiger partial charge >= 0.3 is 18.0 Å². The van der Waals surface area contributed by atoms with Crippen molar-refractivity contribution in [3.8, 4) is 0 Å². The molecule has 7 nitrogen and oxygen atoms in total. The molecule has 8 heteroatoms.